The Kier molecular flexibility index (Phi) is 7.72. The number of hydrogen-bond donors (Lipinski definition) is 1. The second-order valence-electron chi connectivity index (χ2n) is 11.6. The molecule has 2 aliphatic heterocycles. The molecule has 4 aromatic rings. The van der Waals surface area contributed by atoms with Crippen molar-refractivity contribution in [1.82, 2.24) is 14.2 Å². The van der Waals surface area contributed by atoms with Gasteiger partial charge in [-0.25, -0.2) is 4.21 Å². The first-order chi connectivity index (χ1) is 21.1. The van der Waals surface area contributed by atoms with Crippen LogP contribution in [-0.2, 0) is 27.1 Å². The first kappa shape index (κ1) is 27.8. The van der Waals surface area contributed by atoms with Crippen LogP contribution in [-0.4, -0.2) is 51.8 Å². The number of nitrogens with one attached hydrogen (secondary N) is 1. The van der Waals surface area contributed by atoms with Crippen molar-refractivity contribution >= 4 is 39.8 Å². The standard InChI is InChI=1S/C35H35N3O4S/c39-34(36-43(41)28-12-5-2-6-13-28)26-15-16-30-31(22-26)38-23-27(35(40)37-17-19-42-20-18-37)21-25-11-7-8-14-29(25)33(38)32(30)24-9-3-1-4-10-24/h2,5-8,11-16,21-22,24H,1,3-4,9-10,17-20,23H2,(H,36,39). The molecule has 1 aliphatic carbocycles. The molecule has 1 atom stereocenters. The summed E-state index contributed by atoms with van der Waals surface area (Å²) in [5, 5.41) is 1.12. The summed E-state index contributed by atoms with van der Waals surface area (Å²) in [6, 6.07) is 23.1. The van der Waals surface area contributed by atoms with E-state index in [1.165, 1.54) is 24.8 Å². The van der Waals surface area contributed by atoms with Gasteiger partial charge >= 0.3 is 0 Å². The largest absolute Gasteiger partial charge is 0.378 e. The van der Waals surface area contributed by atoms with Gasteiger partial charge in [0, 0.05) is 40.7 Å². The molecule has 1 saturated carbocycles. The maximum absolute atomic E-state index is 13.9. The van der Waals surface area contributed by atoms with Crippen molar-refractivity contribution in [2.45, 2.75) is 49.5 Å². The van der Waals surface area contributed by atoms with Crippen LogP contribution in [0.2, 0.25) is 0 Å². The number of ether oxygens (including phenoxy) is 1. The first-order valence-corrected chi connectivity index (χ1v) is 16.3. The summed E-state index contributed by atoms with van der Waals surface area (Å²) in [6.07, 6.45) is 7.95. The van der Waals surface area contributed by atoms with Gasteiger partial charge in [0.05, 0.1) is 30.3 Å². The maximum atomic E-state index is 13.9. The van der Waals surface area contributed by atoms with Crippen molar-refractivity contribution in [1.29, 1.82) is 0 Å². The zero-order valence-corrected chi connectivity index (χ0v) is 24.9. The van der Waals surface area contributed by atoms with Crippen LogP contribution in [0.3, 0.4) is 0 Å². The molecule has 3 heterocycles. The second kappa shape index (κ2) is 11.9. The Morgan fingerprint density at radius 1 is 0.884 bits per heavy atom. The summed E-state index contributed by atoms with van der Waals surface area (Å²) in [4.78, 5) is 29.7. The number of benzene rings is 3. The summed E-state index contributed by atoms with van der Waals surface area (Å²) in [6.45, 7) is 2.65. The second-order valence-corrected chi connectivity index (χ2v) is 12.8. The van der Waals surface area contributed by atoms with E-state index >= 15 is 0 Å². The highest BCUT2D eigenvalue weighted by Crippen LogP contribution is 2.46. The predicted octanol–water partition coefficient (Wildman–Crippen LogP) is 6.06. The number of carbonyl (C=O) groups excluding carboxylic acids is 2. The first-order valence-electron chi connectivity index (χ1n) is 15.2. The summed E-state index contributed by atoms with van der Waals surface area (Å²) in [5.74, 6) is 0.0366. The fourth-order valence-electron chi connectivity index (χ4n) is 6.86. The van der Waals surface area contributed by atoms with Crippen LogP contribution >= 0.6 is 0 Å². The smallest absolute Gasteiger partial charge is 0.263 e. The molecule has 7 rings (SSSR count). The van der Waals surface area contributed by atoms with Gasteiger partial charge in [-0.3, -0.25) is 14.3 Å². The quantitative estimate of drug-likeness (QED) is 0.305. The molecule has 43 heavy (non-hydrogen) atoms. The Labute approximate surface area is 254 Å². The Bertz CT molecular complexity index is 1750. The number of morpholine rings is 1. The summed E-state index contributed by atoms with van der Waals surface area (Å²) in [7, 11) is -1.67. The molecule has 1 aromatic heterocycles. The third-order valence-electron chi connectivity index (χ3n) is 8.97. The van der Waals surface area contributed by atoms with Crippen LogP contribution in [0.25, 0.3) is 28.2 Å². The van der Waals surface area contributed by atoms with E-state index in [0.717, 1.165) is 46.1 Å². The number of amides is 2. The van der Waals surface area contributed by atoms with E-state index in [1.54, 1.807) is 24.3 Å². The minimum absolute atomic E-state index is 0.0270. The summed E-state index contributed by atoms with van der Waals surface area (Å²) < 4.78 is 23.3. The average molecular weight is 594 g/mol. The average Bonchev–Trinajstić information content (AvgIpc) is 3.27. The lowest BCUT2D eigenvalue weighted by atomic mass is 9.81. The van der Waals surface area contributed by atoms with Gasteiger partial charge in [0.25, 0.3) is 11.8 Å². The van der Waals surface area contributed by atoms with Crippen molar-refractivity contribution in [2.75, 3.05) is 26.3 Å². The van der Waals surface area contributed by atoms with E-state index < -0.39 is 16.9 Å². The zero-order valence-electron chi connectivity index (χ0n) is 24.1. The van der Waals surface area contributed by atoms with Crippen LogP contribution in [0.4, 0.5) is 0 Å². The molecule has 220 valence electrons. The Balaban J connectivity index is 1.36. The molecular formula is C35H35N3O4S. The molecule has 1 saturated heterocycles. The lowest BCUT2D eigenvalue weighted by molar-refractivity contribution is -0.131. The van der Waals surface area contributed by atoms with Crippen LogP contribution < -0.4 is 4.72 Å². The Morgan fingerprint density at radius 3 is 2.42 bits per heavy atom. The van der Waals surface area contributed by atoms with E-state index in [2.05, 4.69) is 39.6 Å². The van der Waals surface area contributed by atoms with Gasteiger partial charge in [0.1, 0.15) is 0 Å². The lowest BCUT2D eigenvalue weighted by Crippen LogP contribution is -2.41. The van der Waals surface area contributed by atoms with Crippen molar-refractivity contribution in [2.24, 2.45) is 0 Å². The molecule has 1 unspecified atom stereocenters. The summed E-state index contributed by atoms with van der Waals surface area (Å²) >= 11 is 0. The van der Waals surface area contributed by atoms with Gasteiger partial charge in [0.15, 0.2) is 11.0 Å². The molecule has 7 nitrogen and oxygen atoms in total. The minimum atomic E-state index is -1.67. The molecular weight excluding hydrogens is 558 g/mol. The predicted molar refractivity (Wildman–Crippen MR) is 169 cm³/mol. The molecule has 1 N–H and O–H groups in total. The number of rotatable bonds is 5. The van der Waals surface area contributed by atoms with Crippen molar-refractivity contribution in [3.05, 3.63) is 95.1 Å². The van der Waals surface area contributed by atoms with Gasteiger partial charge in [-0.15, -0.1) is 0 Å². The topological polar surface area (TPSA) is 80.6 Å². The number of carbonyl (C=O) groups is 2. The van der Waals surface area contributed by atoms with Gasteiger partial charge in [-0.05, 0) is 60.2 Å². The number of hydrogen-bond acceptors (Lipinski definition) is 4. The van der Waals surface area contributed by atoms with E-state index in [4.69, 9.17) is 4.74 Å². The van der Waals surface area contributed by atoms with E-state index in [0.29, 0.717) is 49.2 Å². The van der Waals surface area contributed by atoms with E-state index in [-0.39, 0.29) is 5.91 Å². The molecule has 2 fully saturated rings. The highest BCUT2D eigenvalue weighted by molar-refractivity contribution is 7.83. The molecule has 0 bridgehead atoms. The van der Waals surface area contributed by atoms with Gasteiger partial charge in [0.2, 0.25) is 0 Å². The van der Waals surface area contributed by atoms with E-state index in [1.807, 2.05) is 29.2 Å². The summed E-state index contributed by atoms with van der Waals surface area (Å²) in [5.41, 5.74) is 6.69. The molecule has 2 amide bonds. The number of nitrogens with zero attached hydrogens (tertiary/aromatic N) is 2. The number of aromatic nitrogens is 1. The lowest BCUT2D eigenvalue weighted by Gasteiger charge is -2.28. The van der Waals surface area contributed by atoms with Crippen LogP contribution in [0, 0.1) is 0 Å². The molecule has 0 radical (unpaired) electrons. The van der Waals surface area contributed by atoms with Crippen molar-refractivity contribution in [3.63, 3.8) is 0 Å². The Hall–Kier alpha value is -4.01. The molecule has 0 spiro atoms. The molecule has 8 heteroatoms. The Morgan fingerprint density at radius 2 is 1.63 bits per heavy atom. The van der Waals surface area contributed by atoms with Gasteiger partial charge in [-0.1, -0.05) is 67.8 Å². The minimum Gasteiger partial charge on any atom is -0.378 e. The van der Waals surface area contributed by atoms with Crippen molar-refractivity contribution in [3.8, 4) is 11.3 Å². The van der Waals surface area contributed by atoms with Crippen LogP contribution in [0.5, 0.6) is 0 Å². The van der Waals surface area contributed by atoms with Crippen molar-refractivity contribution < 1.29 is 18.5 Å². The van der Waals surface area contributed by atoms with Gasteiger partial charge in [-0.2, -0.15) is 0 Å². The zero-order chi connectivity index (χ0) is 29.3. The van der Waals surface area contributed by atoms with Crippen LogP contribution in [0.15, 0.2) is 83.3 Å². The third kappa shape index (κ3) is 5.34. The fourth-order valence-corrected chi connectivity index (χ4v) is 7.67. The van der Waals surface area contributed by atoms with Gasteiger partial charge < -0.3 is 14.2 Å². The monoisotopic (exact) mass is 593 g/mol. The highest BCUT2D eigenvalue weighted by Gasteiger charge is 2.31. The maximum Gasteiger partial charge on any atom is 0.263 e. The molecule has 3 aromatic carbocycles. The van der Waals surface area contributed by atoms with Crippen LogP contribution in [0.1, 0.15) is 59.5 Å². The van der Waals surface area contributed by atoms with E-state index in [9.17, 15) is 13.8 Å². The fraction of sp³-hybridized carbons (Fsp3) is 0.314. The third-order valence-corrected chi connectivity index (χ3v) is 10.0. The number of fused-ring (bicyclic) bond motifs is 5. The molecule has 3 aliphatic rings. The normalized spacial score (nSPS) is 17.9. The SMILES string of the molecule is O=C(NS(=O)c1ccccc1)c1ccc2c(C3CCCCC3)c3n(c2c1)CC(C(=O)N1CCOCC1)=Cc1ccccc1-3. The highest BCUT2D eigenvalue weighted by atomic mass is 32.2.